The number of carbonyl (C=O) groups excluding carboxylic acids is 1. The normalized spacial score (nSPS) is 13.8. The van der Waals surface area contributed by atoms with E-state index >= 15 is 0 Å². The highest BCUT2D eigenvalue weighted by molar-refractivity contribution is 5.94. The monoisotopic (exact) mass is 321 g/mol. The minimum Gasteiger partial charge on any atom is -0.347 e. The number of aromatic amines is 1. The van der Waals surface area contributed by atoms with E-state index in [1.165, 1.54) is 0 Å². The fourth-order valence-electron chi connectivity index (χ4n) is 3.23. The molecule has 0 saturated heterocycles. The summed E-state index contributed by atoms with van der Waals surface area (Å²) in [5.41, 5.74) is 5.71. The summed E-state index contributed by atoms with van der Waals surface area (Å²) in [5, 5.41) is 4.49. The van der Waals surface area contributed by atoms with Gasteiger partial charge in [-0.05, 0) is 38.1 Å². The Morgan fingerprint density at radius 2 is 2.12 bits per heavy atom. The van der Waals surface area contributed by atoms with Crippen LogP contribution < -0.4 is 0 Å². The molecule has 1 amide bonds. The Hall–Kier alpha value is -2.89. The number of benzene rings is 1. The SMILES string of the molecule is Cc1cc(C)n(-c2cccc(C(=O)N3CCc4nc[nH]c4C3)c2)n1. The van der Waals surface area contributed by atoms with Gasteiger partial charge in [-0.25, -0.2) is 9.67 Å². The minimum absolute atomic E-state index is 0.0404. The van der Waals surface area contributed by atoms with E-state index in [4.69, 9.17) is 0 Å². The second-order valence-corrected chi connectivity index (χ2v) is 6.19. The van der Waals surface area contributed by atoms with Crippen LogP contribution in [-0.4, -0.2) is 37.1 Å². The van der Waals surface area contributed by atoms with Gasteiger partial charge < -0.3 is 9.88 Å². The average Bonchev–Trinajstić information content (AvgIpc) is 3.19. The highest BCUT2D eigenvalue weighted by Crippen LogP contribution is 2.19. The molecule has 1 aliphatic rings. The van der Waals surface area contributed by atoms with Gasteiger partial charge in [0.15, 0.2) is 0 Å². The van der Waals surface area contributed by atoms with Gasteiger partial charge in [0.25, 0.3) is 5.91 Å². The molecule has 0 aliphatic carbocycles. The van der Waals surface area contributed by atoms with Gasteiger partial charge in [0.2, 0.25) is 0 Å². The third kappa shape index (κ3) is 2.50. The van der Waals surface area contributed by atoms with Crippen LogP contribution in [0.15, 0.2) is 36.7 Å². The molecule has 6 heteroatoms. The van der Waals surface area contributed by atoms with Crippen molar-refractivity contribution in [3.05, 3.63) is 65.0 Å². The fraction of sp³-hybridized carbons (Fsp3) is 0.278. The third-order valence-corrected chi connectivity index (χ3v) is 4.41. The number of amides is 1. The van der Waals surface area contributed by atoms with Crippen LogP contribution in [0, 0.1) is 13.8 Å². The largest absolute Gasteiger partial charge is 0.347 e. The maximum atomic E-state index is 12.9. The molecular formula is C18H19N5O. The van der Waals surface area contributed by atoms with Gasteiger partial charge in [0.05, 0.1) is 35.6 Å². The summed E-state index contributed by atoms with van der Waals surface area (Å²) in [7, 11) is 0. The quantitative estimate of drug-likeness (QED) is 0.788. The fourth-order valence-corrected chi connectivity index (χ4v) is 3.23. The molecular weight excluding hydrogens is 302 g/mol. The number of aryl methyl sites for hydroxylation is 2. The summed E-state index contributed by atoms with van der Waals surface area (Å²) in [6.45, 7) is 5.26. The molecule has 1 aromatic carbocycles. The van der Waals surface area contributed by atoms with Crippen LogP contribution in [0.4, 0.5) is 0 Å². The minimum atomic E-state index is 0.0404. The topological polar surface area (TPSA) is 66.8 Å². The summed E-state index contributed by atoms with van der Waals surface area (Å²) in [6.07, 6.45) is 2.49. The number of nitrogens with one attached hydrogen (secondary N) is 1. The number of nitrogens with zero attached hydrogens (tertiary/aromatic N) is 4. The molecule has 3 heterocycles. The van der Waals surface area contributed by atoms with Crippen molar-refractivity contribution in [1.29, 1.82) is 0 Å². The zero-order valence-corrected chi connectivity index (χ0v) is 13.8. The molecule has 6 nitrogen and oxygen atoms in total. The molecule has 3 aromatic rings. The number of aromatic nitrogens is 4. The van der Waals surface area contributed by atoms with Crippen LogP contribution >= 0.6 is 0 Å². The van der Waals surface area contributed by atoms with Crippen molar-refractivity contribution in [2.75, 3.05) is 6.54 Å². The lowest BCUT2D eigenvalue weighted by Gasteiger charge is -2.26. The van der Waals surface area contributed by atoms with Crippen molar-refractivity contribution < 1.29 is 4.79 Å². The molecule has 24 heavy (non-hydrogen) atoms. The first-order chi connectivity index (χ1) is 11.6. The van der Waals surface area contributed by atoms with Crippen molar-refractivity contribution in [3.8, 4) is 5.69 Å². The zero-order chi connectivity index (χ0) is 16.7. The van der Waals surface area contributed by atoms with Crippen molar-refractivity contribution in [3.63, 3.8) is 0 Å². The molecule has 0 bridgehead atoms. The molecule has 4 rings (SSSR count). The maximum Gasteiger partial charge on any atom is 0.254 e. The summed E-state index contributed by atoms with van der Waals surface area (Å²) < 4.78 is 1.87. The zero-order valence-electron chi connectivity index (χ0n) is 13.8. The van der Waals surface area contributed by atoms with Gasteiger partial charge in [0.1, 0.15) is 0 Å². The Balaban J connectivity index is 1.62. The third-order valence-electron chi connectivity index (χ3n) is 4.41. The highest BCUT2D eigenvalue weighted by atomic mass is 16.2. The second kappa shape index (κ2) is 5.63. The Bertz CT molecular complexity index is 908. The van der Waals surface area contributed by atoms with Crippen LogP contribution in [0.5, 0.6) is 0 Å². The number of hydrogen-bond donors (Lipinski definition) is 1. The first kappa shape index (κ1) is 14.7. The van der Waals surface area contributed by atoms with Crippen molar-refractivity contribution >= 4 is 5.91 Å². The molecule has 0 spiro atoms. The molecule has 0 saturated carbocycles. The summed E-state index contributed by atoms with van der Waals surface area (Å²) in [6, 6.07) is 9.67. The lowest BCUT2D eigenvalue weighted by Crippen LogP contribution is -2.36. The van der Waals surface area contributed by atoms with Gasteiger partial charge in [-0.2, -0.15) is 5.10 Å². The molecule has 0 radical (unpaired) electrons. The number of carbonyl (C=O) groups is 1. The predicted octanol–water partition coefficient (Wildman–Crippen LogP) is 2.41. The van der Waals surface area contributed by atoms with E-state index in [0.717, 1.165) is 34.9 Å². The molecule has 1 N–H and O–H groups in total. The van der Waals surface area contributed by atoms with Gasteiger partial charge in [-0.3, -0.25) is 4.79 Å². The molecule has 0 fully saturated rings. The van der Waals surface area contributed by atoms with Gasteiger partial charge in [-0.1, -0.05) is 6.07 Å². The first-order valence-corrected chi connectivity index (χ1v) is 8.06. The number of hydrogen-bond acceptors (Lipinski definition) is 3. The van der Waals surface area contributed by atoms with E-state index in [0.29, 0.717) is 18.7 Å². The Morgan fingerprint density at radius 1 is 1.25 bits per heavy atom. The molecule has 1 aliphatic heterocycles. The Morgan fingerprint density at radius 3 is 2.92 bits per heavy atom. The second-order valence-electron chi connectivity index (χ2n) is 6.19. The lowest BCUT2D eigenvalue weighted by atomic mass is 10.1. The standard InChI is InChI=1S/C18H19N5O/c1-12-8-13(2)23(21-12)15-5-3-4-14(9-15)18(24)22-7-6-16-17(10-22)20-11-19-16/h3-5,8-9,11H,6-7,10H2,1-2H3,(H,19,20). The lowest BCUT2D eigenvalue weighted by molar-refractivity contribution is 0.0732. The van der Waals surface area contributed by atoms with Gasteiger partial charge >= 0.3 is 0 Å². The van der Waals surface area contributed by atoms with Crippen LogP contribution in [0.25, 0.3) is 5.69 Å². The molecule has 0 atom stereocenters. The van der Waals surface area contributed by atoms with Crippen LogP contribution in [0.3, 0.4) is 0 Å². The smallest absolute Gasteiger partial charge is 0.254 e. The Labute approximate surface area is 140 Å². The van der Waals surface area contributed by atoms with Crippen molar-refractivity contribution in [1.82, 2.24) is 24.6 Å². The summed E-state index contributed by atoms with van der Waals surface area (Å²) in [5.74, 6) is 0.0404. The van der Waals surface area contributed by atoms with E-state index in [9.17, 15) is 4.79 Å². The van der Waals surface area contributed by atoms with E-state index in [1.807, 2.05) is 53.8 Å². The average molecular weight is 321 g/mol. The molecule has 0 unspecified atom stereocenters. The predicted molar refractivity (Wildman–Crippen MR) is 90.1 cm³/mol. The highest BCUT2D eigenvalue weighted by Gasteiger charge is 2.23. The van der Waals surface area contributed by atoms with E-state index in [2.05, 4.69) is 15.1 Å². The number of rotatable bonds is 2. The number of fused-ring (bicyclic) bond motifs is 1. The van der Waals surface area contributed by atoms with Gasteiger partial charge in [0, 0.05) is 24.2 Å². The van der Waals surface area contributed by atoms with Crippen LogP contribution in [0.2, 0.25) is 0 Å². The van der Waals surface area contributed by atoms with Crippen LogP contribution in [-0.2, 0) is 13.0 Å². The van der Waals surface area contributed by atoms with Crippen LogP contribution in [0.1, 0.15) is 33.1 Å². The van der Waals surface area contributed by atoms with E-state index in [-0.39, 0.29) is 5.91 Å². The summed E-state index contributed by atoms with van der Waals surface area (Å²) in [4.78, 5) is 22.1. The maximum absolute atomic E-state index is 12.9. The first-order valence-electron chi connectivity index (χ1n) is 8.06. The molecule has 122 valence electrons. The molecule has 2 aromatic heterocycles. The Kier molecular flexibility index (Phi) is 3.45. The van der Waals surface area contributed by atoms with E-state index in [1.54, 1.807) is 6.33 Å². The van der Waals surface area contributed by atoms with Crippen molar-refractivity contribution in [2.24, 2.45) is 0 Å². The number of imidazole rings is 1. The van der Waals surface area contributed by atoms with E-state index < -0.39 is 0 Å². The van der Waals surface area contributed by atoms with Gasteiger partial charge in [-0.15, -0.1) is 0 Å². The number of H-pyrrole nitrogens is 1. The summed E-state index contributed by atoms with van der Waals surface area (Å²) >= 11 is 0. The van der Waals surface area contributed by atoms with Crippen molar-refractivity contribution in [2.45, 2.75) is 26.8 Å².